The minimum absolute atomic E-state index is 0.0903. The van der Waals surface area contributed by atoms with Crippen LogP contribution in [-0.2, 0) is 4.79 Å². The maximum Gasteiger partial charge on any atom is 0.241 e. The molecule has 0 spiro atoms. The van der Waals surface area contributed by atoms with Crippen LogP contribution < -0.4 is 11.1 Å². The molecule has 3 N–H and O–H groups in total. The zero-order valence-electron chi connectivity index (χ0n) is 12.4. The second-order valence-electron chi connectivity index (χ2n) is 6.77. The highest BCUT2D eigenvalue weighted by atomic mass is 16.2. The van der Waals surface area contributed by atoms with Crippen LogP contribution in [0.2, 0.25) is 0 Å². The van der Waals surface area contributed by atoms with Crippen LogP contribution in [0.4, 0.5) is 0 Å². The fraction of sp³-hybridized carbons (Fsp3) is 0.562. The summed E-state index contributed by atoms with van der Waals surface area (Å²) in [6, 6.07) is 7.41. The quantitative estimate of drug-likeness (QED) is 0.877. The molecule has 19 heavy (non-hydrogen) atoms. The van der Waals surface area contributed by atoms with E-state index in [1.165, 1.54) is 5.56 Å². The molecule has 104 valence electrons. The van der Waals surface area contributed by atoms with Gasteiger partial charge in [0.15, 0.2) is 0 Å². The number of nitrogens with two attached hydrogens (primary N) is 1. The molecule has 0 bridgehead atoms. The summed E-state index contributed by atoms with van der Waals surface area (Å²) in [6.07, 6.45) is 0. The van der Waals surface area contributed by atoms with E-state index >= 15 is 0 Å². The summed E-state index contributed by atoms with van der Waals surface area (Å²) in [7, 11) is 0. The molecule has 1 aliphatic rings. The first-order valence-electron chi connectivity index (χ1n) is 6.80. The van der Waals surface area contributed by atoms with Crippen molar-refractivity contribution < 1.29 is 4.79 Å². The Hall–Kier alpha value is -1.35. The Morgan fingerprint density at radius 3 is 2.05 bits per heavy atom. The van der Waals surface area contributed by atoms with E-state index in [0.29, 0.717) is 0 Å². The molecular weight excluding hydrogens is 236 g/mol. The minimum atomic E-state index is -0.590. The number of hydrogen-bond acceptors (Lipinski definition) is 2. The average Bonchev–Trinajstić information content (AvgIpc) is 2.71. The fourth-order valence-electron chi connectivity index (χ4n) is 2.71. The third-order valence-electron chi connectivity index (χ3n) is 5.03. The summed E-state index contributed by atoms with van der Waals surface area (Å²) in [4.78, 5) is 12.2. The number of carbonyl (C=O) groups excluding carboxylic acids is 1. The third-order valence-corrected chi connectivity index (χ3v) is 5.03. The lowest BCUT2D eigenvalue weighted by Crippen LogP contribution is -2.37. The van der Waals surface area contributed by atoms with Crippen molar-refractivity contribution in [1.29, 1.82) is 0 Å². The van der Waals surface area contributed by atoms with E-state index in [9.17, 15) is 4.79 Å². The zero-order valence-corrected chi connectivity index (χ0v) is 12.4. The van der Waals surface area contributed by atoms with Crippen LogP contribution in [0.25, 0.3) is 0 Å². The maximum atomic E-state index is 12.2. The van der Waals surface area contributed by atoms with Crippen molar-refractivity contribution in [3.8, 4) is 0 Å². The smallest absolute Gasteiger partial charge is 0.241 e. The molecule has 1 aliphatic carbocycles. The summed E-state index contributed by atoms with van der Waals surface area (Å²) in [5.41, 5.74) is 8.33. The van der Waals surface area contributed by atoms with Crippen LogP contribution in [0.15, 0.2) is 24.3 Å². The summed E-state index contributed by atoms with van der Waals surface area (Å²) >= 11 is 0. The first-order chi connectivity index (χ1) is 8.68. The first-order valence-corrected chi connectivity index (χ1v) is 6.80. The molecule has 1 unspecified atom stereocenters. The Kier molecular flexibility index (Phi) is 3.21. The molecule has 2 rings (SSSR count). The van der Waals surface area contributed by atoms with Gasteiger partial charge in [-0.3, -0.25) is 4.79 Å². The predicted octanol–water partition coefficient (Wildman–Crippen LogP) is 2.55. The number of aryl methyl sites for hydroxylation is 1. The van der Waals surface area contributed by atoms with Gasteiger partial charge in [0.25, 0.3) is 0 Å². The Morgan fingerprint density at radius 2 is 1.63 bits per heavy atom. The highest BCUT2D eigenvalue weighted by Gasteiger charge is 2.65. The highest BCUT2D eigenvalue weighted by molar-refractivity contribution is 5.83. The van der Waals surface area contributed by atoms with Crippen molar-refractivity contribution in [3.05, 3.63) is 35.4 Å². The second-order valence-corrected chi connectivity index (χ2v) is 6.77. The average molecular weight is 260 g/mol. The van der Waals surface area contributed by atoms with E-state index in [2.05, 4.69) is 33.0 Å². The van der Waals surface area contributed by atoms with Crippen molar-refractivity contribution in [1.82, 2.24) is 5.32 Å². The molecule has 0 aromatic heterocycles. The number of rotatable bonds is 3. The molecule has 0 radical (unpaired) electrons. The lowest BCUT2D eigenvalue weighted by atomic mass is 10.0. The van der Waals surface area contributed by atoms with Crippen molar-refractivity contribution in [2.75, 3.05) is 0 Å². The third kappa shape index (κ3) is 2.27. The van der Waals surface area contributed by atoms with Crippen LogP contribution in [0.3, 0.4) is 0 Å². The van der Waals surface area contributed by atoms with Gasteiger partial charge in [-0.25, -0.2) is 0 Å². The van der Waals surface area contributed by atoms with E-state index < -0.39 is 6.04 Å². The Balaban J connectivity index is 2.04. The molecule has 0 aliphatic heterocycles. The summed E-state index contributed by atoms with van der Waals surface area (Å²) in [5, 5.41) is 3.08. The highest BCUT2D eigenvalue weighted by Crippen LogP contribution is 2.62. The number of amides is 1. The molecule has 1 aromatic carbocycles. The van der Waals surface area contributed by atoms with Crippen molar-refractivity contribution in [3.63, 3.8) is 0 Å². The van der Waals surface area contributed by atoms with Gasteiger partial charge in [0.1, 0.15) is 6.04 Å². The largest absolute Gasteiger partial charge is 0.351 e. The molecule has 1 fully saturated rings. The van der Waals surface area contributed by atoms with Gasteiger partial charge in [-0.15, -0.1) is 0 Å². The van der Waals surface area contributed by atoms with E-state index in [1.54, 1.807) is 0 Å². The van der Waals surface area contributed by atoms with E-state index in [1.807, 2.05) is 31.2 Å². The Labute approximate surface area is 115 Å². The van der Waals surface area contributed by atoms with E-state index in [-0.39, 0.29) is 22.8 Å². The van der Waals surface area contributed by atoms with Crippen LogP contribution in [0.5, 0.6) is 0 Å². The zero-order chi connectivity index (χ0) is 14.4. The second kappa shape index (κ2) is 4.34. The van der Waals surface area contributed by atoms with Gasteiger partial charge in [-0.05, 0) is 23.3 Å². The molecule has 1 saturated carbocycles. The normalized spacial score (nSPS) is 21.8. The molecule has 0 heterocycles. The fourth-order valence-corrected chi connectivity index (χ4v) is 2.71. The number of benzene rings is 1. The van der Waals surface area contributed by atoms with Gasteiger partial charge in [0, 0.05) is 6.04 Å². The number of hydrogen-bond donors (Lipinski definition) is 2. The number of nitrogens with one attached hydrogen (secondary N) is 1. The van der Waals surface area contributed by atoms with E-state index in [4.69, 9.17) is 5.73 Å². The van der Waals surface area contributed by atoms with Gasteiger partial charge < -0.3 is 11.1 Å². The van der Waals surface area contributed by atoms with Gasteiger partial charge >= 0.3 is 0 Å². The predicted molar refractivity (Wildman–Crippen MR) is 77.6 cm³/mol. The number of carbonyl (C=O) groups is 1. The van der Waals surface area contributed by atoms with Crippen LogP contribution in [0, 0.1) is 17.8 Å². The van der Waals surface area contributed by atoms with Crippen molar-refractivity contribution in [2.24, 2.45) is 16.6 Å². The van der Waals surface area contributed by atoms with Crippen LogP contribution in [0.1, 0.15) is 44.9 Å². The lowest BCUT2D eigenvalue weighted by molar-refractivity contribution is -0.122. The topological polar surface area (TPSA) is 55.1 Å². The molecule has 3 heteroatoms. The first kappa shape index (κ1) is 14.1. The Bertz CT molecular complexity index is 474. The lowest BCUT2D eigenvalue weighted by Gasteiger charge is -2.14. The standard InChI is InChI=1S/C16H24N2O/c1-10-6-8-11(9-7-10)12(17)13(19)18-14-15(2,3)16(14,4)5/h6-9,12,14H,17H2,1-5H3,(H,18,19). The molecular formula is C16H24N2O. The molecule has 1 atom stereocenters. The van der Waals surface area contributed by atoms with Gasteiger partial charge in [0.2, 0.25) is 5.91 Å². The summed E-state index contributed by atoms with van der Waals surface area (Å²) in [6.45, 7) is 10.7. The SMILES string of the molecule is Cc1ccc(C(N)C(=O)NC2C(C)(C)C2(C)C)cc1. The van der Waals surface area contributed by atoms with Crippen molar-refractivity contribution >= 4 is 5.91 Å². The summed E-state index contributed by atoms with van der Waals surface area (Å²) < 4.78 is 0. The minimum Gasteiger partial charge on any atom is -0.351 e. The summed E-state index contributed by atoms with van der Waals surface area (Å²) in [5.74, 6) is -0.0903. The van der Waals surface area contributed by atoms with E-state index in [0.717, 1.165) is 5.56 Å². The molecule has 0 saturated heterocycles. The van der Waals surface area contributed by atoms with Gasteiger partial charge in [-0.1, -0.05) is 57.5 Å². The molecule has 1 aromatic rings. The monoisotopic (exact) mass is 260 g/mol. The molecule has 3 nitrogen and oxygen atoms in total. The Morgan fingerprint density at radius 1 is 1.16 bits per heavy atom. The maximum absolute atomic E-state index is 12.2. The van der Waals surface area contributed by atoms with Gasteiger partial charge in [-0.2, -0.15) is 0 Å². The van der Waals surface area contributed by atoms with Crippen LogP contribution in [-0.4, -0.2) is 11.9 Å². The van der Waals surface area contributed by atoms with Crippen molar-refractivity contribution in [2.45, 2.75) is 46.7 Å². The van der Waals surface area contributed by atoms with Crippen LogP contribution >= 0.6 is 0 Å². The van der Waals surface area contributed by atoms with Gasteiger partial charge in [0.05, 0.1) is 0 Å². The molecule has 1 amide bonds.